The molecule has 0 saturated heterocycles. The molecule has 28 heavy (non-hydrogen) atoms. The number of esters is 1. The molecule has 1 unspecified atom stereocenters. The van der Waals surface area contributed by atoms with E-state index in [9.17, 15) is 18.8 Å². The molecule has 2 aromatic rings. The van der Waals surface area contributed by atoms with Gasteiger partial charge in [0.25, 0.3) is 5.91 Å². The van der Waals surface area contributed by atoms with Crippen LogP contribution in [0.25, 0.3) is 0 Å². The summed E-state index contributed by atoms with van der Waals surface area (Å²) >= 11 is 2.71. The molecular weight excluding hydrogens is 403 g/mol. The summed E-state index contributed by atoms with van der Waals surface area (Å²) in [6.07, 6.45) is 0.729. The van der Waals surface area contributed by atoms with E-state index in [0.717, 1.165) is 18.2 Å². The van der Waals surface area contributed by atoms with Crippen LogP contribution in [0.5, 0.6) is 0 Å². The van der Waals surface area contributed by atoms with E-state index in [4.69, 9.17) is 4.74 Å². The molecule has 0 aliphatic carbocycles. The maximum atomic E-state index is 12.8. The topological polar surface area (TPSA) is 84.5 Å². The highest BCUT2D eigenvalue weighted by atomic mass is 32.2. The third kappa shape index (κ3) is 8.10. The second kappa shape index (κ2) is 11.5. The van der Waals surface area contributed by atoms with Crippen LogP contribution < -0.4 is 10.6 Å². The number of carbonyl (C=O) groups excluding carboxylic acids is 3. The average molecular weight is 425 g/mol. The van der Waals surface area contributed by atoms with Crippen molar-refractivity contribution in [3.05, 3.63) is 52.5 Å². The Balaban J connectivity index is 1.60. The molecule has 0 radical (unpaired) electrons. The van der Waals surface area contributed by atoms with Crippen LogP contribution in [0.2, 0.25) is 0 Å². The second-order valence-corrected chi connectivity index (χ2v) is 8.16. The van der Waals surface area contributed by atoms with Gasteiger partial charge in [-0.25, -0.2) is 4.39 Å². The van der Waals surface area contributed by atoms with E-state index in [1.165, 1.54) is 29.1 Å². The average Bonchev–Trinajstić information content (AvgIpc) is 3.19. The van der Waals surface area contributed by atoms with Gasteiger partial charge in [0.1, 0.15) is 11.1 Å². The fourth-order valence-corrected chi connectivity index (χ4v) is 3.47. The maximum Gasteiger partial charge on any atom is 0.319 e. The number of hydrogen-bond donors (Lipinski definition) is 2. The van der Waals surface area contributed by atoms with Gasteiger partial charge in [-0.3, -0.25) is 14.4 Å². The second-order valence-electron chi connectivity index (χ2n) is 5.80. The lowest BCUT2D eigenvalue weighted by atomic mass is 10.3. The van der Waals surface area contributed by atoms with Crippen molar-refractivity contribution in [3.63, 3.8) is 0 Å². The fraction of sp³-hybridized carbons (Fsp3) is 0.316. The minimum atomic E-state index is -0.599. The van der Waals surface area contributed by atoms with Gasteiger partial charge >= 0.3 is 5.97 Å². The number of thioether (sulfide) groups is 1. The number of benzene rings is 1. The van der Waals surface area contributed by atoms with Gasteiger partial charge in [-0.2, -0.15) is 0 Å². The van der Waals surface area contributed by atoms with Crippen molar-refractivity contribution in [1.29, 1.82) is 0 Å². The molecule has 0 spiro atoms. The van der Waals surface area contributed by atoms with E-state index in [-0.39, 0.29) is 30.0 Å². The van der Waals surface area contributed by atoms with Gasteiger partial charge in [0.2, 0.25) is 5.91 Å². The van der Waals surface area contributed by atoms with Gasteiger partial charge in [-0.15, -0.1) is 23.1 Å². The predicted octanol–water partition coefficient (Wildman–Crippen LogP) is 2.85. The first-order chi connectivity index (χ1) is 13.4. The molecule has 0 aliphatic rings. The molecule has 6 nitrogen and oxygen atoms in total. The number of thiophene rings is 1. The van der Waals surface area contributed by atoms with Crippen LogP contribution >= 0.6 is 23.1 Å². The Morgan fingerprint density at radius 1 is 1.18 bits per heavy atom. The van der Waals surface area contributed by atoms with Crippen LogP contribution in [0.4, 0.5) is 10.1 Å². The highest BCUT2D eigenvalue weighted by Gasteiger charge is 2.18. The van der Waals surface area contributed by atoms with Crippen LogP contribution in [0.3, 0.4) is 0 Å². The Bertz CT molecular complexity index is 782. The molecule has 1 atom stereocenters. The van der Waals surface area contributed by atoms with Gasteiger partial charge in [0.05, 0.1) is 5.75 Å². The SMILES string of the molecule is CC(SCC(=O)Nc1ccc(F)cc1)C(=O)OCC(=O)NCCc1cccs1. The first kappa shape index (κ1) is 21.9. The van der Waals surface area contributed by atoms with Gasteiger partial charge in [0, 0.05) is 17.1 Å². The molecule has 2 amide bonds. The van der Waals surface area contributed by atoms with Crippen molar-refractivity contribution in [2.45, 2.75) is 18.6 Å². The smallest absolute Gasteiger partial charge is 0.319 e. The normalized spacial score (nSPS) is 11.5. The zero-order chi connectivity index (χ0) is 20.4. The predicted molar refractivity (Wildman–Crippen MR) is 109 cm³/mol. The zero-order valence-electron chi connectivity index (χ0n) is 15.3. The van der Waals surface area contributed by atoms with Crippen molar-refractivity contribution >= 4 is 46.6 Å². The number of nitrogens with one attached hydrogen (secondary N) is 2. The quantitative estimate of drug-likeness (QED) is 0.573. The molecule has 2 rings (SSSR count). The van der Waals surface area contributed by atoms with E-state index in [1.807, 2.05) is 17.5 Å². The van der Waals surface area contributed by atoms with Crippen molar-refractivity contribution < 1.29 is 23.5 Å². The molecule has 2 N–H and O–H groups in total. The first-order valence-electron chi connectivity index (χ1n) is 8.57. The monoisotopic (exact) mass is 424 g/mol. The van der Waals surface area contributed by atoms with Crippen molar-refractivity contribution in [2.24, 2.45) is 0 Å². The third-order valence-corrected chi connectivity index (χ3v) is 5.60. The third-order valence-electron chi connectivity index (χ3n) is 3.54. The summed E-state index contributed by atoms with van der Waals surface area (Å²) in [5.41, 5.74) is 0.474. The van der Waals surface area contributed by atoms with Crippen LogP contribution in [0.15, 0.2) is 41.8 Å². The van der Waals surface area contributed by atoms with Crippen LogP contribution in [-0.4, -0.2) is 41.9 Å². The summed E-state index contributed by atoms with van der Waals surface area (Å²) in [6, 6.07) is 9.33. The fourth-order valence-electron chi connectivity index (χ4n) is 2.08. The highest BCUT2D eigenvalue weighted by molar-refractivity contribution is 8.01. The summed E-state index contributed by atoms with van der Waals surface area (Å²) < 4.78 is 17.8. The Hall–Kier alpha value is -2.39. The van der Waals surface area contributed by atoms with Crippen LogP contribution in [0.1, 0.15) is 11.8 Å². The molecule has 0 saturated carbocycles. The number of amides is 2. The highest BCUT2D eigenvalue weighted by Crippen LogP contribution is 2.14. The lowest BCUT2D eigenvalue weighted by molar-refractivity contribution is -0.147. The lowest BCUT2D eigenvalue weighted by Gasteiger charge is -2.11. The van der Waals surface area contributed by atoms with Gasteiger partial charge in [-0.1, -0.05) is 6.07 Å². The molecule has 1 aromatic heterocycles. The molecule has 0 aliphatic heterocycles. The van der Waals surface area contributed by atoms with Crippen LogP contribution in [-0.2, 0) is 25.5 Å². The van der Waals surface area contributed by atoms with Gasteiger partial charge in [0.15, 0.2) is 6.61 Å². The zero-order valence-corrected chi connectivity index (χ0v) is 16.9. The number of hydrogen-bond acceptors (Lipinski definition) is 6. The molecule has 1 aromatic carbocycles. The molecule has 0 bridgehead atoms. The number of anilines is 1. The summed E-state index contributed by atoms with van der Waals surface area (Å²) in [4.78, 5) is 36.7. The Morgan fingerprint density at radius 2 is 1.93 bits per heavy atom. The number of carbonyl (C=O) groups is 3. The van der Waals surface area contributed by atoms with E-state index in [0.29, 0.717) is 12.2 Å². The molecule has 9 heteroatoms. The van der Waals surface area contributed by atoms with Crippen molar-refractivity contribution in [3.8, 4) is 0 Å². The molecular formula is C19H21FN2O4S2. The standard InChI is InChI=1S/C19H21FN2O4S2/c1-13(28-12-18(24)22-15-6-4-14(20)5-7-15)19(25)26-11-17(23)21-9-8-16-3-2-10-27-16/h2-7,10,13H,8-9,11-12H2,1H3,(H,21,23)(H,22,24). The number of halogens is 1. The molecule has 1 heterocycles. The summed E-state index contributed by atoms with van der Waals surface area (Å²) in [5.74, 6) is -1.60. The number of ether oxygens (including phenoxy) is 1. The van der Waals surface area contributed by atoms with E-state index < -0.39 is 11.2 Å². The summed E-state index contributed by atoms with van der Waals surface area (Å²) in [7, 11) is 0. The molecule has 0 fully saturated rings. The lowest BCUT2D eigenvalue weighted by Crippen LogP contribution is -2.32. The van der Waals surface area contributed by atoms with Crippen LogP contribution in [0, 0.1) is 5.82 Å². The Morgan fingerprint density at radius 3 is 2.61 bits per heavy atom. The van der Waals surface area contributed by atoms with E-state index in [2.05, 4.69) is 10.6 Å². The first-order valence-corrected chi connectivity index (χ1v) is 10.5. The van der Waals surface area contributed by atoms with Crippen molar-refractivity contribution in [2.75, 3.05) is 24.2 Å². The summed E-state index contributed by atoms with van der Waals surface area (Å²) in [5, 5.41) is 6.67. The minimum Gasteiger partial charge on any atom is -0.455 e. The largest absolute Gasteiger partial charge is 0.455 e. The van der Waals surface area contributed by atoms with Crippen molar-refractivity contribution in [1.82, 2.24) is 5.32 Å². The minimum absolute atomic E-state index is 0.0284. The Labute approximate surface area is 170 Å². The van der Waals surface area contributed by atoms with E-state index in [1.54, 1.807) is 18.3 Å². The van der Waals surface area contributed by atoms with Gasteiger partial charge in [-0.05, 0) is 49.1 Å². The maximum absolute atomic E-state index is 12.8. The van der Waals surface area contributed by atoms with E-state index >= 15 is 0 Å². The Kier molecular flexibility index (Phi) is 8.96. The summed E-state index contributed by atoms with van der Waals surface area (Å²) in [6.45, 7) is 1.73. The number of rotatable bonds is 10. The molecule has 150 valence electrons. The van der Waals surface area contributed by atoms with Gasteiger partial charge < -0.3 is 15.4 Å².